The minimum atomic E-state index is -0.357. The minimum Gasteiger partial charge on any atom is -0.462 e. The molecule has 1 aromatic heterocycles. The number of carbonyl (C=O) groups is 1. The van der Waals surface area contributed by atoms with Gasteiger partial charge in [-0.3, -0.25) is 0 Å². The van der Waals surface area contributed by atoms with E-state index in [2.05, 4.69) is 30.3 Å². The van der Waals surface area contributed by atoms with Crippen molar-refractivity contribution < 1.29 is 9.53 Å². The van der Waals surface area contributed by atoms with E-state index < -0.39 is 0 Å². The number of thiophene rings is 1. The summed E-state index contributed by atoms with van der Waals surface area (Å²) >= 11 is 1.38. The van der Waals surface area contributed by atoms with Gasteiger partial charge in [-0.05, 0) is 35.2 Å². The third-order valence-electron chi connectivity index (χ3n) is 3.82. The molecular weight excluding hydrogens is 330 g/mol. The van der Waals surface area contributed by atoms with E-state index in [0.29, 0.717) is 11.5 Å². The maximum Gasteiger partial charge on any atom is 0.348 e. The third-order valence-corrected chi connectivity index (χ3v) is 5.02. The molecule has 0 fully saturated rings. The van der Waals surface area contributed by atoms with Crippen LogP contribution in [-0.4, -0.2) is 12.6 Å². The van der Waals surface area contributed by atoms with Crippen LogP contribution in [0.4, 0.5) is 0 Å². The lowest BCUT2D eigenvalue weighted by molar-refractivity contribution is 0.0531. The van der Waals surface area contributed by atoms with E-state index in [-0.39, 0.29) is 12.4 Å². The Morgan fingerprint density at radius 3 is 2.32 bits per heavy atom. The zero-order valence-electron chi connectivity index (χ0n) is 13.9. The van der Waals surface area contributed by atoms with Crippen LogP contribution in [0, 0.1) is 11.3 Å². The molecule has 0 amide bonds. The van der Waals surface area contributed by atoms with Gasteiger partial charge in [-0.15, -0.1) is 11.3 Å². The highest BCUT2D eigenvalue weighted by Gasteiger charge is 2.18. The lowest BCUT2D eigenvalue weighted by Crippen LogP contribution is -2.04. The number of nitriles is 1. The Labute approximate surface area is 151 Å². The first-order chi connectivity index (χ1) is 12.2. The molecule has 0 aliphatic carbocycles. The van der Waals surface area contributed by atoms with Crippen LogP contribution in [0.2, 0.25) is 0 Å². The number of hydrogen-bond acceptors (Lipinski definition) is 4. The number of rotatable bonds is 5. The molecule has 0 N–H and O–H groups in total. The molecule has 0 saturated heterocycles. The van der Waals surface area contributed by atoms with Gasteiger partial charge in [0.15, 0.2) is 0 Å². The number of nitrogens with zero attached hydrogens (tertiary/aromatic N) is 1. The van der Waals surface area contributed by atoms with Crippen LogP contribution in [0.15, 0.2) is 60.7 Å². The Hall–Kier alpha value is -2.90. The summed E-state index contributed by atoms with van der Waals surface area (Å²) in [5.41, 5.74) is 4.06. The van der Waals surface area contributed by atoms with Crippen molar-refractivity contribution >= 4 is 17.3 Å². The Kier molecular flexibility index (Phi) is 5.27. The van der Waals surface area contributed by atoms with Gasteiger partial charge in [0, 0.05) is 4.88 Å². The van der Waals surface area contributed by atoms with Crippen molar-refractivity contribution in [1.82, 2.24) is 0 Å². The molecule has 3 nitrogen and oxygen atoms in total. The summed E-state index contributed by atoms with van der Waals surface area (Å²) in [7, 11) is 0. The van der Waals surface area contributed by atoms with Crippen LogP contribution in [0.5, 0.6) is 0 Å². The quantitative estimate of drug-likeness (QED) is 0.587. The van der Waals surface area contributed by atoms with Crippen LogP contribution in [0.3, 0.4) is 0 Å². The SMILES string of the molecule is CCOC(=O)c1sc(-c2ccc(-c3ccccc3)cc2)cc1CC#N. The Morgan fingerprint density at radius 1 is 1.04 bits per heavy atom. The van der Waals surface area contributed by atoms with Crippen molar-refractivity contribution in [1.29, 1.82) is 5.26 Å². The Balaban J connectivity index is 1.92. The van der Waals surface area contributed by atoms with Crippen molar-refractivity contribution in [2.24, 2.45) is 0 Å². The fourth-order valence-corrected chi connectivity index (χ4v) is 3.69. The first-order valence-corrected chi connectivity index (χ1v) is 8.87. The molecule has 25 heavy (non-hydrogen) atoms. The highest BCUT2D eigenvalue weighted by Crippen LogP contribution is 2.33. The van der Waals surface area contributed by atoms with Crippen molar-refractivity contribution in [2.45, 2.75) is 13.3 Å². The van der Waals surface area contributed by atoms with E-state index in [4.69, 9.17) is 10.00 Å². The average Bonchev–Trinajstić information content (AvgIpc) is 3.07. The van der Waals surface area contributed by atoms with E-state index in [1.807, 2.05) is 36.4 Å². The van der Waals surface area contributed by atoms with Gasteiger partial charge in [-0.2, -0.15) is 5.26 Å². The summed E-state index contributed by atoms with van der Waals surface area (Å²) in [5, 5.41) is 9.00. The van der Waals surface area contributed by atoms with Gasteiger partial charge in [0.25, 0.3) is 0 Å². The van der Waals surface area contributed by atoms with Gasteiger partial charge in [-0.1, -0.05) is 54.6 Å². The van der Waals surface area contributed by atoms with Gasteiger partial charge in [0.05, 0.1) is 19.1 Å². The van der Waals surface area contributed by atoms with Crippen molar-refractivity contribution in [3.63, 3.8) is 0 Å². The van der Waals surface area contributed by atoms with Crippen LogP contribution in [0.25, 0.3) is 21.6 Å². The second kappa shape index (κ2) is 7.78. The fraction of sp³-hybridized carbons (Fsp3) is 0.143. The third kappa shape index (κ3) is 3.78. The Morgan fingerprint density at radius 2 is 1.68 bits per heavy atom. The lowest BCUT2D eigenvalue weighted by atomic mass is 10.0. The van der Waals surface area contributed by atoms with Gasteiger partial charge in [0.1, 0.15) is 4.88 Å². The smallest absolute Gasteiger partial charge is 0.348 e. The van der Waals surface area contributed by atoms with Crippen LogP contribution >= 0.6 is 11.3 Å². The molecule has 2 aromatic carbocycles. The summed E-state index contributed by atoms with van der Waals surface area (Å²) in [6, 6.07) is 22.4. The van der Waals surface area contributed by atoms with E-state index in [9.17, 15) is 4.79 Å². The number of hydrogen-bond donors (Lipinski definition) is 0. The van der Waals surface area contributed by atoms with Gasteiger partial charge in [-0.25, -0.2) is 4.79 Å². The molecule has 0 bridgehead atoms. The number of benzene rings is 2. The predicted octanol–water partition coefficient (Wildman–Crippen LogP) is 5.32. The highest BCUT2D eigenvalue weighted by molar-refractivity contribution is 7.17. The second-order valence-electron chi connectivity index (χ2n) is 5.46. The van der Waals surface area contributed by atoms with E-state index in [1.165, 1.54) is 11.3 Å². The number of ether oxygens (including phenoxy) is 1. The Bertz CT molecular complexity index is 905. The van der Waals surface area contributed by atoms with Crippen molar-refractivity contribution in [3.05, 3.63) is 71.1 Å². The van der Waals surface area contributed by atoms with Gasteiger partial charge >= 0.3 is 5.97 Å². The topological polar surface area (TPSA) is 50.1 Å². The van der Waals surface area contributed by atoms with Crippen LogP contribution in [-0.2, 0) is 11.2 Å². The summed E-state index contributed by atoms with van der Waals surface area (Å²) in [6.07, 6.45) is 0.201. The zero-order valence-corrected chi connectivity index (χ0v) is 14.7. The minimum absolute atomic E-state index is 0.201. The molecule has 3 rings (SSSR count). The monoisotopic (exact) mass is 347 g/mol. The zero-order chi connectivity index (χ0) is 17.6. The summed E-state index contributed by atoms with van der Waals surface area (Å²) in [4.78, 5) is 13.6. The van der Waals surface area contributed by atoms with Crippen LogP contribution in [0.1, 0.15) is 22.2 Å². The number of carbonyl (C=O) groups excluding carboxylic acids is 1. The first kappa shape index (κ1) is 16.9. The second-order valence-corrected chi connectivity index (χ2v) is 6.52. The molecule has 4 heteroatoms. The van der Waals surface area contributed by atoms with Crippen molar-refractivity contribution in [3.8, 4) is 27.6 Å². The maximum absolute atomic E-state index is 12.1. The average molecular weight is 347 g/mol. The highest BCUT2D eigenvalue weighted by atomic mass is 32.1. The molecule has 0 saturated carbocycles. The predicted molar refractivity (Wildman–Crippen MR) is 100 cm³/mol. The summed E-state index contributed by atoms with van der Waals surface area (Å²) in [5.74, 6) is -0.357. The maximum atomic E-state index is 12.1. The molecule has 124 valence electrons. The molecule has 0 aliphatic heterocycles. The summed E-state index contributed by atoms with van der Waals surface area (Å²) in [6.45, 7) is 2.10. The molecular formula is C21H17NO2S. The van der Waals surface area contributed by atoms with Gasteiger partial charge < -0.3 is 4.74 Å². The molecule has 0 aliphatic rings. The van der Waals surface area contributed by atoms with E-state index >= 15 is 0 Å². The van der Waals surface area contributed by atoms with Crippen LogP contribution < -0.4 is 0 Å². The van der Waals surface area contributed by atoms with Gasteiger partial charge in [0.2, 0.25) is 0 Å². The van der Waals surface area contributed by atoms with Crippen molar-refractivity contribution in [2.75, 3.05) is 6.61 Å². The summed E-state index contributed by atoms with van der Waals surface area (Å²) < 4.78 is 5.10. The molecule has 0 radical (unpaired) electrons. The fourth-order valence-electron chi connectivity index (χ4n) is 2.61. The molecule has 3 aromatic rings. The standard InChI is InChI=1S/C21H17NO2S/c1-2-24-21(23)20-18(12-13-22)14-19(25-20)17-10-8-16(9-11-17)15-6-4-3-5-7-15/h3-11,14H,2,12H2,1H3. The molecule has 0 spiro atoms. The first-order valence-electron chi connectivity index (χ1n) is 8.05. The molecule has 1 heterocycles. The normalized spacial score (nSPS) is 10.2. The number of esters is 1. The lowest BCUT2D eigenvalue weighted by Gasteiger charge is -2.03. The molecule has 0 unspecified atom stereocenters. The van der Waals surface area contributed by atoms with E-state index in [1.54, 1.807) is 6.92 Å². The molecule has 0 atom stereocenters. The van der Waals surface area contributed by atoms with E-state index in [0.717, 1.165) is 27.1 Å². The largest absolute Gasteiger partial charge is 0.462 e.